The lowest BCUT2D eigenvalue weighted by atomic mass is 10.0. The van der Waals surface area contributed by atoms with Gasteiger partial charge in [-0.3, -0.25) is 14.6 Å². The van der Waals surface area contributed by atoms with Gasteiger partial charge >= 0.3 is 6.18 Å². The summed E-state index contributed by atoms with van der Waals surface area (Å²) in [5, 5.41) is 5.66. The second kappa shape index (κ2) is 11.2. The van der Waals surface area contributed by atoms with E-state index in [9.17, 15) is 22.8 Å². The maximum absolute atomic E-state index is 15.0. The van der Waals surface area contributed by atoms with Gasteiger partial charge in [-0.2, -0.15) is 13.2 Å². The molecule has 0 radical (unpaired) electrons. The Kier molecular flexibility index (Phi) is 7.65. The SMILES string of the molecule is COc1cnc(-c2cc3ccn(CCC[C@@H](NC4=C(C(F)(F)F)C(=O)NCN=C4)C4CC4)c(=O)c3cc2F)nc1N. The van der Waals surface area contributed by atoms with Crippen LogP contribution in [-0.4, -0.2) is 52.7 Å². The van der Waals surface area contributed by atoms with Crippen molar-refractivity contribution in [3.05, 3.63) is 58.0 Å². The van der Waals surface area contributed by atoms with Crippen molar-refractivity contribution in [3.8, 4) is 17.1 Å². The fraction of sp³-hybridized carbons (Fsp3) is 0.370. The third-order valence-corrected chi connectivity index (χ3v) is 7.09. The smallest absolute Gasteiger partial charge is 0.423 e. The highest BCUT2D eigenvalue weighted by molar-refractivity contribution is 6.01. The number of hydrogen-bond donors (Lipinski definition) is 3. The van der Waals surface area contributed by atoms with Gasteiger partial charge in [0, 0.05) is 25.0 Å². The Morgan fingerprint density at radius 2 is 2.05 bits per heavy atom. The quantitative estimate of drug-likeness (QED) is 0.334. The van der Waals surface area contributed by atoms with Crippen molar-refractivity contribution in [1.82, 2.24) is 25.2 Å². The van der Waals surface area contributed by atoms with Crippen LogP contribution in [0.5, 0.6) is 5.75 Å². The molecule has 0 unspecified atom stereocenters. The molecule has 2 aromatic heterocycles. The van der Waals surface area contributed by atoms with Crippen molar-refractivity contribution < 1.29 is 27.1 Å². The molecule has 5 rings (SSSR count). The molecule has 0 bridgehead atoms. The van der Waals surface area contributed by atoms with Gasteiger partial charge in [-0.25, -0.2) is 14.4 Å². The molecule has 10 nitrogen and oxygen atoms in total. The Balaban J connectivity index is 1.33. The molecule has 14 heteroatoms. The molecule has 41 heavy (non-hydrogen) atoms. The number of anilines is 1. The molecule has 4 N–H and O–H groups in total. The third kappa shape index (κ3) is 6.00. The number of pyridine rings is 1. The van der Waals surface area contributed by atoms with E-state index in [0.717, 1.165) is 25.1 Å². The first-order valence-electron chi connectivity index (χ1n) is 12.9. The summed E-state index contributed by atoms with van der Waals surface area (Å²) >= 11 is 0. The lowest BCUT2D eigenvalue weighted by Crippen LogP contribution is -2.38. The zero-order chi connectivity index (χ0) is 29.3. The molecule has 0 saturated heterocycles. The van der Waals surface area contributed by atoms with E-state index in [1.807, 2.05) is 0 Å². The van der Waals surface area contributed by atoms with Crippen molar-refractivity contribution in [1.29, 1.82) is 0 Å². The van der Waals surface area contributed by atoms with Crippen LogP contribution in [0.3, 0.4) is 0 Å². The summed E-state index contributed by atoms with van der Waals surface area (Å²) in [7, 11) is 1.41. The predicted octanol–water partition coefficient (Wildman–Crippen LogP) is 3.31. The number of alkyl halides is 3. The van der Waals surface area contributed by atoms with Gasteiger partial charge in [0.2, 0.25) is 0 Å². The number of carbonyl (C=O) groups is 1. The number of ether oxygens (including phenoxy) is 1. The number of halogens is 4. The van der Waals surface area contributed by atoms with E-state index in [0.29, 0.717) is 18.2 Å². The molecule has 1 atom stereocenters. The summed E-state index contributed by atoms with van der Waals surface area (Å²) in [5.74, 6) is -1.43. The number of nitrogens with one attached hydrogen (secondary N) is 2. The minimum atomic E-state index is -4.85. The maximum Gasteiger partial charge on any atom is 0.423 e. The van der Waals surface area contributed by atoms with Gasteiger partial charge in [-0.1, -0.05) is 0 Å². The Hall–Kier alpha value is -4.49. The van der Waals surface area contributed by atoms with Crippen LogP contribution in [0.25, 0.3) is 22.2 Å². The van der Waals surface area contributed by atoms with Crippen molar-refractivity contribution in [2.45, 2.75) is 44.4 Å². The number of benzene rings is 1. The number of hydrogen-bond acceptors (Lipinski definition) is 8. The molecule has 1 aliphatic heterocycles. The van der Waals surface area contributed by atoms with Crippen molar-refractivity contribution in [3.63, 3.8) is 0 Å². The van der Waals surface area contributed by atoms with Gasteiger partial charge in [0.15, 0.2) is 17.4 Å². The molecule has 1 aromatic carbocycles. The number of rotatable bonds is 9. The van der Waals surface area contributed by atoms with Crippen LogP contribution in [0, 0.1) is 11.7 Å². The Labute approximate surface area is 231 Å². The van der Waals surface area contributed by atoms with Crippen LogP contribution in [0.15, 0.2) is 51.6 Å². The first-order valence-corrected chi connectivity index (χ1v) is 12.9. The summed E-state index contributed by atoms with van der Waals surface area (Å²) in [6.07, 6.45) is 1.70. The number of allylic oxidation sites excluding steroid dienone is 1. The number of aryl methyl sites for hydroxylation is 1. The highest BCUT2D eigenvalue weighted by Gasteiger charge is 2.43. The van der Waals surface area contributed by atoms with Crippen LogP contribution in [0.1, 0.15) is 25.7 Å². The number of nitrogens with zero attached hydrogens (tertiary/aromatic N) is 4. The monoisotopic (exact) mass is 573 g/mol. The number of nitrogens with two attached hydrogens (primary N) is 1. The zero-order valence-corrected chi connectivity index (χ0v) is 22.0. The average molecular weight is 574 g/mol. The van der Waals surface area contributed by atoms with E-state index >= 15 is 4.39 Å². The van der Waals surface area contributed by atoms with Gasteiger partial charge in [-0.15, -0.1) is 0 Å². The topological polar surface area (TPSA) is 137 Å². The number of aromatic nitrogens is 3. The van der Waals surface area contributed by atoms with Crippen LogP contribution >= 0.6 is 0 Å². The van der Waals surface area contributed by atoms with Gasteiger partial charge in [0.1, 0.15) is 18.1 Å². The summed E-state index contributed by atoms with van der Waals surface area (Å²) in [4.78, 5) is 37.2. The van der Waals surface area contributed by atoms with E-state index in [-0.39, 0.29) is 59.2 Å². The highest BCUT2D eigenvalue weighted by Crippen LogP contribution is 2.36. The van der Waals surface area contributed by atoms with Crippen LogP contribution < -0.4 is 26.7 Å². The van der Waals surface area contributed by atoms with E-state index < -0.39 is 29.0 Å². The largest absolute Gasteiger partial charge is 0.491 e. The van der Waals surface area contributed by atoms with E-state index in [4.69, 9.17) is 10.5 Å². The lowest BCUT2D eigenvalue weighted by Gasteiger charge is -2.22. The fourth-order valence-electron chi connectivity index (χ4n) is 4.85. The van der Waals surface area contributed by atoms with E-state index in [2.05, 4.69) is 25.6 Å². The number of methoxy groups -OCH3 is 1. The molecule has 3 aromatic rings. The molecular weight excluding hydrogens is 546 g/mol. The number of amides is 1. The summed E-state index contributed by atoms with van der Waals surface area (Å²) in [6, 6.07) is 3.93. The van der Waals surface area contributed by atoms with Crippen molar-refractivity contribution in [2.24, 2.45) is 10.9 Å². The van der Waals surface area contributed by atoms with Gasteiger partial charge in [-0.05, 0) is 55.2 Å². The molecule has 1 amide bonds. The Morgan fingerprint density at radius 3 is 2.73 bits per heavy atom. The minimum Gasteiger partial charge on any atom is -0.491 e. The summed E-state index contributed by atoms with van der Waals surface area (Å²) < 4.78 is 62.4. The highest BCUT2D eigenvalue weighted by atomic mass is 19.4. The average Bonchev–Trinajstić information content (AvgIpc) is 3.77. The normalized spacial score (nSPS) is 16.5. The molecule has 2 aliphatic rings. The van der Waals surface area contributed by atoms with E-state index in [1.165, 1.54) is 23.9 Å². The van der Waals surface area contributed by atoms with Crippen LogP contribution in [0.2, 0.25) is 0 Å². The standard InChI is InChI=1S/C27H27F4N7O3/c1-41-21-12-34-24(37-23(21)32)17-9-15-6-8-38(26(40)16(15)10-18(17)28)7-2-3-19(14-4-5-14)36-20-11-33-13-35-25(39)22(20)27(29,30)31/h6,8-12,14,19,36H,2-5,7,13H2,1H3,(H,35,39)(H2,32,34,37)/t19-/m1/s1. The van der Waals surface area contributed by atoms with Crippen LogP contribution in [0.4, 0.5) is 23.4 Å². The molecular formula is C27H27F4N7O3. The van der Waals surface area contributed by atoms with Crippen molar-refractivity contribution in [2.75, 3.05) is 19.5 Å². The molecule has 1 fully saturated rings. The molecule has 3 heterocycles. The first-order chi connectivity index (χ1) is 19.6. The zero-order valence-electron chi connectivity index (χ0n) is 22.0. The van der Waals surface area contributed by atoms with Crippen LogP contribution in [-0.2, 0) is 11.3 Å². The summed E-state index contributed by atoms with van der Waals surface area (Å²) in [5.41, 5.74) is 3.82. The van der Waals surface area contributed by atoms with Gasteiger partial charge in [0.25, 0.3) is 11.5 Å². The van der Waals surface area contributed by atoms with Gasteiger partial charge in [0.05, 0.1) is 30.0 Å². The molecule has 1 saturated carbocycles. The fourth-order valence-corrected chi connectivity index (χ4v) is 4.85. The number of aliphatic imine (C=N–C) groups is 1. The third-order valence-electron chi connectivity index (χ3n) is 7.09. The maximum atomic E-state index is 15.0. The van der Waals surface area contributed by atoms with E-state index in [1.54, 1.807) is 12.3 Å². The summed E-state index contributed by atoms with van der Waals surface area (Å²) in [6.45, 7) is 0.0206. The number of carbonyl (C=O) groups excluding carboxylic acids is 1. The predicted molar refractivity (Wildman–Crippen MR) is 144 cm³/mol. The first kappa shape index (κ1) is 28.1. The second-order valence-corrected chi connectivity index (χ2v) is 9.87. The Morgan fingerprint density at radius 1 is 1.27 bits per heavy atom. The minimum absolute atomic E-state index is 0.0467. The molecule has 1 aliphatic carbocycles. The lowest BCUT2D eigenvalue weighted by molar-refractivity contribution is -0.130. The number of fused-ring (bicyclic) bond motifs is 1. The van der Waals surface area contributed by atoms with Gasteiger partial charge < -0.3 is 25.7 Å². The number of nitrogen functional groups attached to an aromatic ring is 1. The molecule has 0 spiro atoms. The second-order valence-electron chi connectivity index (χ2n) is 9.87. The Bertz CT molecular complexity index is 1610. The molecule has 216 valence electrons. The van der Waals surface area contributed by atoms with Crippen molar-refractivity contribution >= 4 is 28.7 Å².